The first-order chi connectivity index (χ1) is 7.37. The lowest BCUT2D eigenvalue weighted by Gasteiger charge is -2.14. The summed E-state index contributed by atoms with van der Waals surface area (Å²) in [6.45, 7) is 4.62. The molecule has 1 aromatic rings. The fourth-order valence-corrected chi connectivity index (χ4v) is 2.65. The molecular formula is C12H16O3S. The Hall–Kier alpha value is -1.16. The van der Waals surface area contributed by atoms with Crippen LogP contribution in [0.15, 0.2) is 30.3 Å². The zero-order chi connectivity index (χ0) is 12.3. The van der Waals surface area contributed by atoms with E-state index in [-0.39, 0.29) is 5.78 Å². The Bertz CT molecular complexity index is 460. The van der Waals surface area contributed by atoms with Crippen molar-refractivity contribution in [3.05, 3.63) is 35.9 Å². The average Bonchev–Trinajstić information content (AvgIpc) is 2.28. The Balaban J connectivity index is 3.01. The van der Waals surface area contributed by atoms with Crippen molar-refractivity contribution < 1.29 is 13.2 Å². The van der Waals surface area contributed by atoms with Crippen LogP contribution >= 0.6 is 0 Å². The molecule has 16 heavy (non-hydrogen) atoms. The lowest BCUT2D eigenvalue weighted by Crippen LogP contribution is -2.32. The van der Waals surface area contributed by atoms with E-state index in [1.807, 2.05) is 0 Å². The summed E-state index contributed by atoms with van der Waals surface area (Å²) in [5.41, 5.74) is 0.444. The highest BCUT2D eigenvalue weighted by Gasteiger charge is 2.30. The smallest absolute Gasteiger partial charge is 0.180 e. The second-order valence-electron chi connectivity index (χ2n) is 4.01. The number of benzene rings is 1. The van der Waals surface area contributed by atoms with E-state index in [0.717, 1.165) is 0 Å². The van der Waals surface area contributed by atoms with Gasteiger partial charge in [0.05, 0.1) is 5.25 Å². The number of carbonyl (C=O) groups is 1. The third-order valence-electron chi connectivity index (χ3n) is 2.58. The third-order valence-corrected chi connectivity index (χ3v) is 5.09. The summed E-state index contributed by atoms with van der Waals surface area (Å²) in [6.07, 6.45) is 0. The molecule has 0 aliphatic rings. The lowest BCUT2D eigenvalue weighted by atomic mass is 10.1. The van der Waals surface area contributed by atoms with Crippen LogP contribution in [0.3, 0.4) is 0 Å². The van der Waals surface area contributed by atoms with Crippen LogP contribution in [0.4, 0.5) is 0 Å². The van der Waals surface area contributed by atoms with E-state index in [9.17, 15) is 13.2 Å². The van der Waals surface area contributed by atoms with Gasteiger partial charge in [0, 0.05) is 5.56 Å². The molecule has 0 saturated carbocycles. The van der Waals surface area contributed by atoms with Crippen LogP contribution in [0.5, 0.6) is 0 Å². The van der Waals surface area contributed by atoms with E-state index in [2.05, 4.69) is 0 Å². The Labute approximate surface area is 96.4 Å². The lowest BCUT2D eigenvalue weighted by molar-refractivity contribution is 0.0991. The highest BCUT2D eigenvalue weighted by atomic mass is 32.2. The van der Waals surface area contributed by atoms with E-state index in [0.29, 0.717) is 5.56 Å². The molecule has 1 unspecified atom stereocenters. The van der Waals surface area contributed by atoms with Crippen LogP contribution in [0.25, 0.3) is 0 Å². The monoisotopic (exact) mass is 240 g/mol. The van der Waals surface area contributed by atoms with Gasteiger partial charge in [-0.1, -0.05) is 30.3 Å². The molecule has 1 rings (SSSR count). The highest BCUT2D eigenvalue weighted by Crippen LogP contribution is 2.14. The SMILES string of the molecule is CC(C)S(=O)(=O)C(C)C(=O)c1ccccc1. The van der Waals surface area contributed by atoms with Crippen LogP contribution in [0, 0.1) is 0 Å². The molecule has 0 heterocycles. The Kier molecular flexibility index (Phi) is 3.86. The maximum Gasteiger partial charge on any atom is 0.180 e. The molecule has 4 heteroatoms. The predicted molar refractivity (Wildman–Crippen MR) is 64.3 cm³/mol. The summed E-state index contributed by atoms with van der Waals surface area (Å²) in [4.78, 5) is 11.9. The molecule has 1 atom stereocenters. The Morgan fingerprint density at radius 2 is 1.56 bits per heavy atom. The van der Waals surface area contributed by atoms with Crippen LogP contribution in [-0.2, 0) is 9.84 Å². The van der Waals surface area contributed by atoms with Gasteiger partial charge in [0.15, 0.2) is 15.6 Å². The predicted octanol–water partition coefficient (Wildman–Crippen LogP) is 2.08. The topological polar surface area (TPSA) is 51.2 Å². The van der Waals surface area contributed by atoms with Gasteiger partial charge < -0.3 is 0 Å². The molecule has 0 aliphatic heterocycles. The number of Topliss-reactive ketones (excluding diaryl/α,β-unsaturated/α-hetero) is 1. The zero-order valence-corrected chi connectivity index (χ0v) is 10.5. The molecule has 1 aromatic carbocycles. The molecule has 88 valence electrons. The van der Waals surface area contributed by atoms with Gasteiger partial charge in [-0.25, -0.2) is 8.42 Å². The molecule has 0 aromatic heterocycles. The minimum atomic E-state index is -3.37. The maximum atomic E-state index is 11.9. The van der Waals surface area contributed by atoms with Crippen LogP contribution < -0.4 is 0 Å². The van der Waals surface area contributed by atoms with Crippen molar-refractivity contribution in [2.45, 2.75) is 31.3 Å². The summed E-state index contributed by atoms with van der Waals surface area (Å²) < 4.78 is 23.6. The standard InChI is InChI=1S/C12H16O3S/c1-9(2)16(14,15)10(3)12(13)11-7-5-4-6-8-11/h4-10H,1-3H3. The third kappa shape index (κ3) is 2.50. The average molecular weight is 240 g/mol. The van der Waals surface area contributed by atoms with Crippen molar-refractivity contribution in [3.8, 4) is 0 Å². The minimum absolute atomic E-state index is 0.339. The van der Waals surface area contributed by atoms with Crippen molar-refractivity contribution in [1.29, 1.82) is 0 Å². The van der Waals surface area contributed by atoms with Gasteiger partial charge in [0.25, 0.3) is 0 Å². The summed E-state index contributed by atoms with van der Waals surface area (Å²) in [7, 11) is -3.37. The van der Waals surface area contributed by atoms with Gasteiger partial charge >= 0.3 is 0 Å². The number of hydrogen-bond donors (Lipinski definition) is 0. The molecular weight excluding hydrogens is 224 g/mol. The molecule has 0 fully saturated rings. The first kappa shape index (κ1) is 12.9. The molecule has 0 aliphatic carbocycles. The van der Waals surface area contributed by atoms with Crippen molar-refractivity contribution in [2.75, 3.05) is 0 Å². The molecule has 0 N–H and O–H groups in total. The largest absolute Gasteiger partial charge is 0.293 e. The fraction of sp³-hybridized carbons (Fsp3) is 0.417. The van der Waals surface area contributed by atoms with Gasteiger partial charge in [-0.05, 0) is 20.8 Å². The number of rotatable bonds is 4. The first-order valence-corrected chi connectivity index (χ1v) is 6.80. The quantitative estimate of drug-likeness (QED) is 0.757. The second-order valence-corrected chi connectivity index (χ2v) is 6.84. The van der Waals surface area contributed by atoms with E-state index >= 15 is 0 Å². The van der Waals surface area contributed by atoms with Gasteiger partial charge in [0.2, 0.25) is 0 Å². The number of ketones is 1. The first-order valence-electron chi connectivity index (χ1n) is 5.19. The summed E-state index contributed by atoms with van der Waals surface area (Å²) >= 11 is 0. The summed E-state index contributed by atoms with van der Waals surface area (Å²) in [5, 5.41) is -1.51. The van der Waals surface area contributed by atoms with Gasteiger partial charge in [0.1, 0.15) is 5.25 Å². The highest BCUT2D eigenvalue weighted by molar-refractivity contribution is 7.93. The van der Waals surface area contributed by atoms with Crippen molar-refractivity contribution >= 4 is 15.6 Å². The minimum Gasteiger partial charge on any atom is -0.293 e. The summed E-state index contributed by atoms with van der Waals surface area (Å²) in [6, 6.07) is 8.51. The van der Waals surface area contributed by atoms with Gasteiger partial charge in [-0.15, -0.1) is 0 Å². The van der Waals surface area contributed by atoms with Crippen molar-refractivity contribution in [3.63, 3.8) is 0 Å². The molecule has 0 spiro atoms. The zero-order valence-electron chi connectivity index (χ0n) is 9.67. The van der Waals surface area contributed by atoms with E-state index in [4.69, 9.17) is 0 Å². The van der Waals surface area contributed by atoms with Crippen LogP contribution in [0.1, 0.15) is 31.1 Å². The number of carbonyl (C=O) groups excluding carboxylic acids is 1. The normalized spacial score (nSPS) is 13.8. The van der Waals surface area contributed by atoms with Gasteiger partial charge in [-0.2, -0.15) is 0 Å². The van der Waals surface area contributed by atoms with E-state index in [1.165, 1.54) is 6.92 Å². The molecule has 3 nitrogen and oxygen atoms in total. The second kappa shape index (κ2) is 4.78. The summed E-state index contributed by atoms with van der Waals surface area (Å²) in [5.74, 6) is -0.339. The fourth-order valence-electron chi connectivity index (χ4n) is 1.39. The number of hydrogen-bond acceptors (Lipinski definition) is 3. The Morgan fingerprint density at radius 1 is 1.06 bits per heavy atom. The van der Waals surface area contributed by atoms with E-state index in [1.54, 1.807) is 44.2 Å². The molecule has 0 amide bonds. The number of sulfone groups is 1. The van der Waals surface area contributed by atoms with Gasteiger partial charge in [-0.3, -0.25) is 4.79 Å². The van der Waals surface area contributed by atoms with Crippen LogP contribution in [-0.4, -0.2) is 24.7 Å². The molecule has 0 saturated heterocycles. The van der Waals surface area contributed by atoms with Crippen LogP contribution in [0.2, 0.25) is 0 Å². The maximum absolute atomic E-state index is 11.9. The Morgan fingerprint density at radius 3 is 2.00 bits per heavy atom. The van der Waals surface area contributed by atoms with Crippen molar-refractivity contribution in [2.24, 2.45) is 0 Å². The van der Waals surface area contributed by atoms with E-state index < -0.39 is 20.3 Å². The molecule has 0 bridgehead atoms. The molecule has 0 radical (unpaired) electrons. The van der Waals surface area contributed by atoms with Crippen molar-refractivity contribution in [1.82, 2.24) is 0 Å².